The average Bonchev–Trinajstić information content (AvgIpc) is 1.64. The van der Waals surface area contributed by atoms with E-state index in [0.29, 0.717) is 105 Å². The van der Waals surface area contributed by atoms with E-state index in [1.807, 2.05) is 173 Å². The minimum Gasteiger partial charge on any atom is -0.360 e. The number of hydrogen-bond donors (Lipinski definition) is 0. The van der Waals surface area contributed by atoms with Crippen molar-refractivity contribution in [2.75, 3.05) is 4.90 Å². The third kappa shape index (κ3) is 29.1. The number of amides is 2. The standard InChI is InChI=1S/C31H26N4O3.C30H25N5O3.C29H27N3O3S.C28H25N3O3S/c1-19-6-7-22(15-25(19)17-29-33-14-12-27(34-29)24-5-4-13-32-18-24)16-28(36)23-8-10-26(11-9-23)35-30(37)20(2)21(3)31(35)38;1-19-5-6-22(14-25(19)17-29-33-13-11-26(34-29)24-4-3-12-32-18-24)16-27(37)23-9-7-21(8-10-23)15-28(38)30(35-31)20(2)36;1-3-15-36(34,35)20-22-8-10-24(11-9-22)28(33)17-23-7-6-21(2)26(16-23)18-29-31-14-12-27(32-29)25-5-4-13-30-19-25;1-3-35(33,34)19-21-8-10-23(11-9-21)27(32)16-22-7-6-20(2)25(15-22)17-28-30-14-12-26(31-28)24-5-4-13-29-18-24/h4-15,18H,16-17H2,1-3H3;3-14,18H,15-17H2,1-2H3;3-16,19H,17-18,20H2,1-2H3;3-15,18H,1,16-17,19H2,2H3/b;;15-3+;. The summed E-state index contributed by atoms with van der Waals surface area (Å²) < 4.78 is 47.4. The van der Waals surface area contributed by atoms with Crippen LogP contribution in [0.15, 0.2) is 352 Å². The van der Waals surface area contributed by atoms with E-state index in [0.717, 1.165) is 129 Å². The van der Waals surface area contributed by atoms with Gasteiger partial charge < -0.3 is 5.53 Å². The van der Waals surface area contributed by atoms with Crippen molar-refractivity contribution in [3.05, 3.63) is 486 Å². The molecular weight excluding hydrogens is 1880 g/mol. The molecule has 0 atom stereocenters. The van der Waals surface area contributed by atoms with Crippen LogP contribution in [-0.2, 0) is 108 Å². The van der Waals surface area contributed by atoms with Crippen molar-refractivity contribution in [2.45, 2.75) is 125 Å². The van der Waals surface area contributed by atoms with Crippen LogP contribution in [0.4, 0.5) is 5.69 Å². The second-order valence-corrected chi connectivity index (χ2v) is 39.1. The third-order valence-electron chi connectivity index (χ3n) is 24.4. The molecule has 2 amide bonds. The molecule has 0 N–H and O–H groups in total. The number of pyridine rings is 4. The van der Waals surface area contributed by atoms with E-state index >= 15 is 0 Å². The summed E-state index contributed by atoms with van der Waals surface area (Å²) in [6, 6.07) is 73.4. The molecule has 16 aromatic rings. The normalized spacial score (nSPS) is 11.7. The highest BCUT2D eigenvalue weighted by atomic mass is 32.2. The average molecular weight is 1990 g/mol. The summed E-state index contributed by atoms with van der Waals surface area (Å²) in [5.74, 6) is 0.553. The zero-order valence-electron chi connectivity index (χ0n) is 82.2. The number of rotatable bonds is 35. The number of carbonyl (C=O) groups is 8. The smallest absolute Gasteiger partial charge is 0.360 e. The molecule has 0 unspecified atom stereocenters. The molecule has 0 radical (unpaired) electrons. The predicted octanol–water partition coefficient (Wildman–Crippen LogP) is 19.5. The second kappa shape index (κ2) is 49.4. The van der Waals surface area contributed by atoms with Crippen molar-refractivity contribution >= 4 is 77.6 Å². The fraction of sp³-hybridized carbons (Fsp3) is 0.161. The predicted molar refractivity (Wildman–Crippen MR) is 564 cm³/mol. The molecule has 29 heteroatoms. The molecule has 8 aromatic carbocycles. The van der Waals surface area contributed by atoms with Crippen molar-refractivity contribution in [1.29, 1.82) is 0 Å². The largest absolute Gasteiger partial charge is 0.400 e. The Bertz CT molecular complexity index is 7970. The molecule has 8 aromatic heterocycles. The van der Waals surface area contributed by atoms with Gasteiger partial charge in [-0.25, -0.2) is 61.6 Å². The summed E-state index contributed by atoms with van der Waals surface area (Å²) >= 11 is 0. The van der Waals surface area contributed by atoms with Gasteiger partial charge in [0.15, 0.2) is 42.8 Å². The van der Waals surface area contributed by atoms with Crippen molar-refractivity contribution in [3.8, 4) is 45.0 Å². The van der Waals surface area contributed by atoms with Gasteiger partial charge >= 0.3 is 5.71 Å². The van der Waals surface area contributed by atoms with Gasteiger partial charge in [-0.1, -0.05) is 158 Å². The van der Waals surface area contributed by atoms with Crippen LogP contribution >= 0.6 is 0 Å². The van der Waals surface area contributed by atoms with Crippen LogP contribution in [0.5, 0.6) is 0 Å². The van der Waals surface area contributed by atoms with Gasteiger partial charge in [-0.15, -0.1) is 0 Å². The number of ketones is 6. The SMILES string of the molecule is C/C=C/S(=O)(=O)Cc1ccc(C(=O)Cc2ccc(C)c(Cc3nccc(-c4cccnc4)n3)c2)cc1.C=CS(=O)(=O)Cc1ccc(C(=O)Cc2ccc(C)c(Cc3nccc(-c4cccnc4)n3)c2)cc1.CC(=O)C(=[N+]=[N-])C(=O)Cc1ccc(C(=O)Cc2ccc(C)c(Cc3nccc(-c4cccnc4)n3)c2)cc1.CC1=C(C)C(=O)N(c2ccc(C(=O)Cc3ccc(C)c(Cc4nccc(-c5cccnc5)n4)c3)cc2)C1=O. The minimum atomic E-state index is -3.34. The molecule has 1 aliphatic rings. The van der Waals surface area contributed by atoms with Gasteiger partial charge in [-0.3, -0.25) is 58.3 Å². The second-order valence-electron chi connectivity index (χ2n) is 35.2. The highest BCUT2D eigenvalue weighted by molar-refractivity contribution is 7.93. The van der Waals surface area contributed by atoms with Crippen molar-refractivity contribution < 1.29 is 60.0 Å². The number of carbonyl (C=O) groups excluding carboxylic acids is 8. The highest BCUT2D eigenvalue weighted by Gasteiger charge is 2.35. The number of benzene rings is 8. The zero-order valence-corrected chi connectivity index (χ0v) is 83.8. The maximum absolute atomic E-state index is 13.0. The van der Waals surface area contributed by atoms with Gasteiger partial charge in [0, 0.05) is 206 Å². The van der Waals surface area contributed by atoms with E-state index in [4.69, 9.17) is 25.5 Å². The van der Waals surface area contributed by atoms with Crippen LogP contribution in [0.2, 0.25) is 0 Å². The van der Waals surface area contributed by atoms with E-state index in [1.54, 1.807) is 192 Å². The molecule has 0 spiro atoms. The Kier molecular flexibility index (Phi) is 35.3. The molecule has 0 saturated carbocycles. The Morgan fingerprint density at radius 2 is 0.633 bits per heavy atom. The van der Waals surface area contributed by atoms with Gasteiger partial charge in [-0.2, -0.15) is 4.79 Å². The first-order chi connectivity index (χ1) is 70.8. The third-order valence-corrected chi connectivity index (χ3v) is 27.1. The van der Waals surface area contributed by atoms with Crippen LogP contribution in [0.3, 0.4) is 0 Å². The number of Topliss-reactive ketones (excluding diaryl/α,β-unsaturated/α-hetero) is 6. The number of aromatic nitrogens is 12. The van der Waals surface area contributed by atoms with E-state index in [2.05, 4.69) is 51.2 Å². The lowest BCUT2D eigenvalue weighted by Crippen LogP contribution is -2.31. The molecule has 1 aliphatic heterocycles. The van der Waals surface area contributed by atoms with E-state index in [-0.39, 0.29) is 78.6 Å². The molecule has 0 aliphatic carbocycles. The Balaban J connectivity index is 0.000000155. The van der Waals surface area contributed by atoms with Gasteiger partial charge in [0.25, 0.3) is 17.6 Å². The van der Waals surface area contributed by atoms with Crippen LogP contribution in [0, 0.1) is 27.7 Å². The van der Waals surface area contributed by atoms with E-state index in [9.17, 15) is 55.2 Å². The van der Waals surface area contributed by atoms with Crippen LogP contribution in [0.1, 0.15) is 176 Å². The lowest BCUT2D eigenvalue weighted by atomic mass is 9.96. The van der Waals surface area contributed by atoms with E-state index in [1.165, 1.54) is 11.5 Å². The first-order valence-corrected chi connectivity index (χ1v) is 50.5. The quantitative estimate of drug-likeness (QED) is 0.00889. The van der Waals surface area contributed by atoms with Gasteiger partial charge in [0.05, 0.1) is 40.0 Å². The first-order valence-electron chi connectivity index (χ1n) is 47.1. The topological polar surface area (TPSA) is 399 Å². The number of sulfone groups is 2. The summed E-state index contributed by atoms with van der Waals surface area (Å²) in [6.45, 7) is 17.6. The summed E-state index contributed by atoms with van der Waals surface area (Å²) in [4.78, 5) is 157. The molecule has 27 nitrogen and oxygen atoms in total. The summed E-state index contributed by atoms with van der Waals surface area (Å²) in [6.07, 6.45) is 25.5. The maximum atomic E-state index is 13.0. The first kappa shape index (κ1) is 105. The Morgan fingerprint density at radius 3 is 0.898 bits per heavy atom. The number of hydrogen-bond acceptors (Lipinski definition) is 24. The fourth-order valence-corrected chi connectivity index (χ4v) is 18.0. The number of imide groups is 1. The van der Waals surface area contributed by atoms with Crippen molar-refractivity contribution in [3.63, 3.8) is 0 Å². The van der Waals surface area contributed by atoms with Crippen LogP contribution < -0.4 is 4.90 Å². The molecule has 17 rings (SSSR count). The Hall–Kier alpha value is -17.7. The van der Waals surface area contributed by atoms with Crippen LogP contribution in [-0.4, -0.2) is 134 Å². The lowest BCUT2D eigenvalue weighted by molar-refractivity contribution is -0.123. The van der Waals surface area contributed by atoms with Crippen molar-refractivity contribution in [2.24, 2.45) is 0 Å². The molecule has 0 fully saturated rings. The monoisotopic (exact) mass is 1990 g/mol. The maximum Gasteiger partial charge on any atom is 0.400 e. The van der Waals surface area contributed by atoms with Gasteiger partial charge in [0.2, 0.25) is 5.78 Å². The lowest BCUT2D eigenvalue weighted by Gasteiger charge is -2.15. The summed E-state index contributed by atoms with van der Waals surface area (Å²) in [5, 5.41) is 2.14. The van der Waals surface area contributed by atoms with Crippen molar-refractivity contribution in [1.82, 2.24) is 59.8 Å². The minimum absolute atomic E-state index is 0.0255. The molecule has 147 heavy (non-hydrogen) atoms. The Morgan fingerprint density at radius 1 is 0.354 bits per heavy atom. The molecule has 0 saturated heterocycles. The zero-order chi connectivity index (χ0) is 104. The number of allylic oxidation sites excluding steroid dienone is 1. The molecular formula is C118H103N15O12S2. The van der Waals surface area contributed by atoms with Gasteiger partial charge in [0.1, 0.15) is 23.3 Å². The van der Waals surface area contributed by atoms with E-state index < -0.39 is 37.0 Å². The number of anilines is 1. The molecule has 0 bridgehead atoms. The van der Waals surface area contributed by atoms with Crippen LogP contribution in [0.25, 0.3) is 50.6 Å². The van der Waals surface area contributed by atoms with Gasteiger partial charge in [-0.05, 0) is 229 Å². The highest BCUT2D eigenvalue weighted by Crippen LogP contribution is 2.31. The molecule has 9 heterocycles. The Labute approximate surface area is 852 Å². The number of aryl methyl sites for hydroxylation is 4. The fourth-order valence-electron chi connectivity index (χ4n) is 16.1. The molecule has 734 valence electrons. The summed E-state index contributed by atoms with van der Waals surface area (Å²) in [5.41, 5.74) is 32.9. The summed E-state index contributed by atoms with van der Waals surface area (Å²) in [7, 11) is -6.64. The number of nitrogens with zero attached hydrogens (tertiary/aromatic N) is 15.